The number of unbranched alkanes of at least 4 members (excludes halogenated alkanes) is 1. The van der Waals surface area contributed by atoms with E-state index >= 15 is 0 Å². The Morgan fingerprint density at radius 3 is 2.57 bits per heavy atom. The third-order valence-electron chi connectivity index (χ3n) is 2.18. The van der Waals surface area contributed by atoms with E-state index in [2.05, 4.69) is 19.2 Å². The second kappa shape index (κ2) is 11.3. The van der Waals surface area contributed by atoms with Gasteiger partial charge in [0.15, 0.2) is 0 Å². The normalized spacial score (nSPS) is 13.1. The van der Waals surface area contributed by atoms with Gasteiger partial charge in [-0.2, -0.15) is 11.8 Å². The Morgan fingerprint density at radius 2 is 1.93 bits per heavy atom. The Labute approximate surface area is 92.9 Å². The molecule has 2 nitrogen and oxygen atoms in total. The first-order valence-corrected chi connectivity index (χ1v) is 6.88. The molecule has 0 heterocycles. The van der Waals surface area contributed by atoms with Crippen molar-refractivity contribution in [1.82, 2.24) is 5.32 Å². The average molecular weight is 219 g/mol. The van der Waals surface area contributed by atoms with E-state index in [1.165, 1.54) is 25.0 Å². The van der Waals surface area contributed by atoms with E-state index in [1.54, 1.807) is 0 Å². The number of aliphatic hydroxyl groups is 1. The summed E-state index contributed by atoms with van der Waals surface area (Å²) >= 11 is 1.96. The molecule has 1 atom stereocenters. The highest BCUT2D eigenvalue weighted by atomic mass is 32.2. The highest BCUT2D eigenvalue weighted by Gasteiger charge is 1.98. The molecule has 0 saturated heterocycles. The second-order valence-corrected chi connectivity index (χ2v) is 4.87. The molecule has 2 N–H and O–H groups in total. The van der Waals surface area contributed by atoms with Crippen molar-refractivity contribution < 1.29 is 5.11 Å². The van der Waals surface area contributed by atoms with Crippen LogP contribution in [0.4, 0.5) is 0 Å². The summed E-state index contributed by atoms with van der Waals surface area (Å²) in [5, 5.41) is 12.0. The average Bonchev–Trinajstić information content (AvgIpc) is 2.17. The first kappa shape index (κ1) is 14.3. The summed E-state index contributed by atoms with van der Waals surface area (Å²) in [6.07, 6.45) is 4.86. The van der Waals surface area contributed by atoms with Crippen LogP contribution in [0.1, 0.15) is 39.5 Å². The number of hydrogen-bond acceptors (Lipinski definition) is 3. The Balaban J connectivity index is 2.98. The van der Waals surface area contributed by atoms with Crippen LogP contribution in [0.2, 0.25) is 0 Å². The third kappa shape index (κ3) is 10.4. The lowest BCUT2D eigenvalue weighted by Crippen LogP contribution is -2.25. The van der Waals surface area contributed by atoms with Crippen molar-refractivity contribution in [2.75, 3.05) is 24.7 Å². The zero-order valence-electron chi connectivity index (χ0n) is 9.59. The summed E-state index contributed by atoms with van der Waals surface area (Å²) < 4.78 is 0. The molecule has 1 unspecified atom stereocenters. The molecule has 0 amide bonds. The van der Waals surface area contributed by atoms with Gasteiger partial charge >= 0.3 is 0 Å². The van der Waals surface area contributed by atoms with Crippen LogP contribution in [-0.2, 0) is 0 Å². The maximum atomic E-state index is 8.58. The maximum absolute atomic E-state index is 8.58. The highest BCUT2D eigenvalue weighted by Crippen LogP contribution is 2.08. The van der Waals surface area contributed by atoms with Gasteiger partial charge in [-0.3, -0.25) is 0 Å². The lowest BCUT2D eigenvalue weighted by molar-refractivity contribution is 0.296. The van der Waals surface area contributed by atoms with Crippen molar-refractivity contribution in [3.8, 4) is 0 Å². The molecule has 0 aliphatic heterocycles. The molecule has 14 heavy (non-hydrogen) atoms. The van der Waals surface area contributed by atoms with E-state index in [0.29, 0.717) is 12.6 Å². The molecule has 0 aromatic carbocycles. The van der Waals surface area contributed by atoms with E-state index in [4.69, 9.17) is 5.11 Å². The zero-order valence-corrected chi connectivity index (χ0v) is 10.4. The first-order valence-electron chi connectivity index (χ1n) is 5.73. The minimum Gasteiger partial charge on any atom is -0.396 e. The van der Waals surface area contributed by atoms with Gasteiger partial charge in [-0.15, -0.1) is 0 Å². The van der Waals surface area contributed by atoms with E-state index < -0.39 is 0 Å². The molecule has 0 aliphatic rings. The van der Waals surface area contributed by atoms with Gasteiger partial charge in [-0.1, -0.05) is 13.3 Å². The molecule has 3 heteroatoms. The van der Waals surface area contributed by atoms with Gasteiger partial charge in [0, 0.05) is 12.6 Å². The van der Waals surface area contributed by atoms with Gasteiger partial charge in [0.25, 0.3) is 0 Å². The third-order valence-corrected chi connectivity index (χ3v) is 3.33. The van der Waals surface area contributed by atoms with Crippen LogP contribution in [0.3, 0.4) is 0 Å². The van der Waals surface area contributed by atoms with Gasteiger partial charge in [0.05, 0.1) is 0 Å². The minimum absolute atomic E-state index is 0.338. The van der Waals surface area contributed by atoms with Crippen LogP contribution >= 0.6 is 11.8 Å². The van der Waals surface area contributed by atoms with Gasteiger partial charge in [-0.25, -0.2) is 0 Å². The quantitative estimate of drug-likeness (QED) is 0.553. The number of nitrogens with one attached hydrogen (secondary N) is 1. The lowest BCUT2D eigenvalue weighted by atomic mass is 10.1. The Hall–Kier alpha value is 0.270. The van der Waals surface area contributed by atoms with Crippen LogP contribution in [0.5, 0.6) is 0 Å². The monoisotopic (exact) mass is 219 g/mol. The predicted molar refractivity (Wildman–Crippen MR) is 66.0 cm³/mol. The molecular weight excluding hydrogens is 194 g/mol. The Kier molecular flexibility index (Phi) is 11.6. The van der Waals surface area contributed by atoms with Crippen LogP contribution in [0, 0.1) is 0 Å². The molecule has 0 fully saturated rings. The minimum atomic E-state index is 0.338. The molecule has 0 aliphatic carbocycles. The van der Waals surface area contributed by atoms with Gasteiger partial charge in [-0.05, 0) is 44.2 Å². The van der Waals surface area contributed by atoms with Gasteiger partial charge in [0.2, 0.25) is 0 Å². The van der Waals surface area contributed by atoms with Crippen LogP contribution in [-0.4, -0.2) is 35.8 Å². The van der Waals surface area contributed by atoms with E-state index in [0.717, 1.165) is 18.7 Å². The summed E-state index contributed by atoms with van der Waals surface area (Å²) in [5.74, 6) is 2.36. The molecule has 0 aromatic heterocycles. The summed E-state index contributed by atoms with van der Waals surface area (Å²) in [7, 11) is 0. The van der Waals surface area contributed by atoms with Crippen LogP contribution in [0.15, 0.2) is 0 Å². The largest absolute Gasteiger partial charge is 0.396 e. The summed E-state index contributed by atoms with van der Waals surface area (Å²) in [6.45, 7) is 5.82. The number of aliphatic hydroxyl groups excluding tert-OH is 1. The molecule has 0 radical (unpaired) electrons. The SMILES string of the molecule is CCNC(C)CCCCSCCCO. The van der Waals surface area contributed by atoms with E-state index in [-0.39, 0.29) is 0 Å². The molecule has 0 spiro atoms. The predicted octanol–water partition coefficient (Wildman–Crippen LogP) is 2.27. The molecule has 0 saturated carbocycles. The molecule has 0 rings (SSSR count). The van der Waals surface area contributed by atoms with Gasteiger partial charge in [0.1, 0.15) is 0 Å². The van der Waals surface area contributed by atoms with E-state index in [9.17, 15) is 0 Å². The van der Waals surface area contributed by atoms with Crippen LogP contribution < -0.4 is 5.32 Å². The number of hydrogen-bond donors (Lipinski definition) is 2. The summed E-state index contributed by atoms with van der Waals surface area (Å²) in [6, 6.07) is 0.669. The standard InChI is InChI=1S/C11H25NOS/c1-3-12-11(2)7-4-5-9-14-10-6-8-13/h11-13H,3-10H2,1-2H3. The Morgan fingerprint density at radius 1 is 1.21 bits per heavy atom. The first-order chi connectivity index (χ1) is 6.81. The van der Waals surface area contributed by atoms with Crippen molar-refractivity contribution in [3.05, 3.63) is 0 Å². The fraction of sp³-hybridized carbons (Fsp3) is 1.00. The topological polar surface area (TPSA) is 32.3 Å². The lowest BCUT2D eigenvalue weighted by Gasteiger charge is -2.11. The fourth-order valence-electron chi connectivity index (χ4n) is 1.37. The summed E-state index contributed by atoms with van der Waals surface area (Å²) in [5.41, 5.74) is 0. The zero-order chi connectivity index (χ0) is 10.6. The van der Waals surface area contributed by atoms with Crippen molar-refractivity contribution in [2.24, 2.45) is 0 Å². The van der Waals surface area contributed by atoms with Crippen molar-refractivity contribution >= 4 is 11.8 Å². The van der Waals surface area contributed by atoms with Crippen molar-refractivity contribution in [1.29, 1.82) is 0 Å². The fourth-order valence-corrected chi connectivity index (χ4v) is 2.32. The number of thioether (sulfide) groups is 1. The summed E-state index contributed by atoms with van der Waals surface area (Å²) in [4.78, 5) is 0. The van der Waals surface area contributed by atoms with Crippen molar-refractivity contribution in [2.45, 2.75) is 45.6 Å². The number of rotatable bonds is 10. The highest BCUT2D eigenvalue weighted by molar-refractivity contribution is 7.99. The second-order valence-electron chi connectivity index (χ2n) is 3.64. The molecular formula is C11H25NOS. The van der Waals surface area contributed by atoms with Crippen LogP contribution in [0.25, 0.3) is 0 Å². The van der Waals surface area contributed by atoms with E-state index in [1.807, 2.05) is 11.8 Å². The molecule has 0 bridgehead atoms. The Bertz CT molecular complexity index is 111. The molecule has 0 aromatic rings. The van der Waals surface area contributed by atoms with Crippen molar-refractivity contribution in [3.63, 3.8) is 0 Å². The molecule has 86 valence electrons. The smallest absolute Gasteiger partial charge is 0.0438 e. The maximum Gasteiger partial charge on any atom is 0.0438 e. The van der Waals surface area contributed by atoms with Gasteiger partial charge < -0.3 is 10.4 Å².